The van der Waals surface area contributed by atoms with Crippen LogP contribution in [-0.4, -0.2) is 46.6 Å². The highest BCUT2D eigenvalue weighted by atomic mass is 32.2. The second-order valence-corrected chi connectivity index (χ2v) is 7.33. The fourth-order valence-corrected chi connectivity index (χ4v) is 3.60. The van der Waals surface area contributed by atoms with E-state index < -0.39 is 10.0 Å². The molecule has 0 aromatic carbocycles. The Morgan fingerprint density at radius 3 is 2.90 bits per heavy atom. The third-order valence-electron chi connectivity index (χ3n) is 3.80. The van der Waals surface area contributed by atoms with Crippen LogP contribution in [-0.2, 0) is 10.0 Å². The number of imidazole rings is 1. The van der Waals surface area contributed by atoms with E-state index in [-0.39, 0.29) is 5.92 Å². The Morgan fingerprint density at radius 1 is 1.33 bits per heavy atom. The summed E-state index contributed by atoms with van der Waals surface area (Å²) < 4.78 is 26.8. The molecule has 1 aliphatic rings. The van der Waals surface area contributed by atoms with Crippen molar-refractivity contribution in [3.8, 4) is 5.82 Å². The summed E-state index contributed by atoms with van der Waals surface area (Å²) in [4.78, 5) is 8.68. The van der Waals surface area contributed by atoms with Crippen molar-refractivity contribution in [3.05, 3.63) is 42.6 Å². The summed E-state index contributed by atoms with van der Waals surface area (Å²) in [5.41, 5.74) is 0.939. The zero-order chi connectivity index (χ0) is 14.9. The Hall–Kier alpha value is -1.73. The number of pyridine rings is 1. The Kier molecular flexibility index (Phi) is 3.77. The Labute approximate surface area is 124 Å². The highest BCUT2D eigenvalue weighted by molar-refractivity contribution is 7.88. The van der Waals surface area contributed by atoms with Crippen LogP contribution in [0.3, 0.4) is 0 Å². The zero-order valence-electron chi connectivity index (χ0n) is 11.9. The Bertz CT molecular complexity index is 712. The molecule has 1 atom stereocenters. The van der Waals surface area contributed by atoms with Crippen molar-refractivity contribution >= 4 is 10.0 Å². The van der Waals surface area contributed by atoms with Gasteiger partial charge in [-0.25, -0.2) is 22.7 Å². The molecular formula is C14H18N4O2S. The molecule has 1 aliphatic heterocycles. The van der Waals surface area contributed by atoms with E-state index in [1.54, 1.807) is 16.8 Å². The van der Waals surface area contributed by atoms with Gasteiger partial charge in [0.1, 0.15) is 12.1 Å². The van der Waals surface area contributed by atoms with Crippen LogP contribution >= 0.6 is 0 Å². The maximum Gasteiger partial charge on any atom is 0.211 e. The molecule has 2 aromatic rings. The smallest absolute Gasteiger partial charge is 0.211 e. The molecule has 1 fully saturated rings. The quantitative estimate of drug-likeness (QED) is 0.860. The largest absolute Gasteiger partial charge is 0.291 e. The molecule has 0 aliphatic carbocycles. The lowest BCUT2D eigenvalue weighted by Gasteiger charge is -2.30. The van der Waals surface area contributed by atoms with Gasteiger partial charge >= 0.3 is 0 Å². The van der Waals surface area contributed by atoms with Crippen molar-refractivity contribution in [1.82, 2.24) is 18.8 Å². The van der Waals surface area contributed by atoms with Gasteiger partial charge in [-0.1, -0.05) is 6.07 Å². The summed E-state index contributed by atoms with van der Waals surface area (Å²) in [5.74, 6) is 0.957. The predicted octanol–water partition coefficient (Wildman–Crippen LogP) is 1.41. The zero-order valence-corrected chi connectivity index (χ0v) is 12.7. The summed E-state index contributed by atoms with van der Waals surface area (Å²) in [6, 6.07) is 5.84. The molecule has 6 nitrogen and oxygen atoms in total. The molecule has 0 radical (unpaired) electrons. The number of hydrogen-bond acceptors (Lipinski definition) is 4. The van der Waals surface area contributed by atoms with E-state index in [0.29, 0.717) is 13.1 Å². The van der Waals surface area contributed by atoms with E-state index in [1.807, 2.05) is 29.0 Å². The monoisotopic (exact) mass is 306 g/mol. The van der Waals surface area contributed by atoms with E-state index in [2.05, 4.69) is 9.97 Å². The first kappa shape index (κ1) is 14.2. The number of piperidine rings is 1. The molecule has 21 heavy (non-hydrogen) atoms. The molecule has 0 saturated carbocycles. The van der Waals surface area contributed by atoms with Gasteiger partial charge in [0.15, 0.2) is 0 Å². The molecule has 0 N–H and O–H groups in total. The molecule has 0 amide bonds. The van der Waals surface area contributed by atoms with Crippen LogP contribution in [0.25, 0.3) is 5.82 Å². The molecule has 3 rings (SSSR count). The normalized spacial score (nSPS) is 20.5. The molecule has 3 heterocycles. The minimum Gasteiger partial charge on any atom is -0.291 e. The second-order valence-electron chi connectivity index (χ2n) is 5.35. The van der Waals surface area contributed by atoms with Crippen LogP contribution in [0.5, 0.6) is 0 Å². The molecule has 112 valence electrons. The minimum atomic E-state index is -3.13. The summed E-state index contributed by atoms with van der Waals surface area (Å²) in [5, 5.41) is 0. The minimum absolute atomic E-state index is 0.150. The Morgan fingerprint density at radius 2 is 2.19 bits per heavy atom. The van der Waals surface area contributed by atoms with Gasteiger partial charge in [-0.15, -0.1) is 0 Å². The van der Waals surface area contributed by atoms with E-state index in [9.17, 15) is 8.42 Å². The lowest BCUT2D eigenvalue weighted by molar-refractivity contribution is 0.314. The van der Waals surface area contributed by atoms with Gasteiger partial charge in [0.05, 0.1) is 6.26 Å². The van der Waals surface area contributed by atoms with Crippen molar-refractivity contribution < 1.29 is 8.42 Å². The van der Waals surface area contributed by atoms with Crippen LogP contribution in [0.4, 0.5) is 0 Å². The molecule has 0 spiro atoms. The molecule has 1 saturated heterocycles. The van der Waals surface area contributed by atoms with Gasteiger partial charge in [0, 0.05) is 37.1 Å². The van der Waals surface area contributed by atoms with Crippen molar-refractivity contribution in [1.29, 1.82) is 0 Å². The predicted molar refractivity (Wildman–Crippen MR) is 79.8 cm³/mol. The number of nitrogens with zero attached hydrogens (tertiary/aromatic N) is 4. The van der Waals surface area contributed by atoms with Gasteiger partial charge in [0.25, 0.3) is 0 Å². The van der Waals surface area contributed by atoms with Gasteiger partial charge in [-0.05, 0) is 25.0 Å². The molecule has 2 aromatic heterocycles. The molecule has 1 unspecified atom stereocenters. The number of hydrogen-bond donors (Lipinski definition) is 0. The highest BCUT2D eigenvalue weighted by Gasteiger charge is 2.27. The standard InChI is InChI=1S/C14H18N4O2S/c1-21(19,20)18-8-3-4-12(10-18)13-5-2-6-14(16-13)17-9-7-15-11-17/h2,5-7,9,11-12H,3-4,8,10H2,1H3. The van der Waals surface area contributed by atoms with Crippen molar-refractivity contribution in [2.45, 2.75) is 18.8 Å². The third-order valence-corrected chi connectivity index (χ3v) is 5.07. The summed E-state index contributed by atoms with van der Waals surface area (Å²) >= 11 is 0. The second kappa shape index (κ2) is 5.57. The fourth-order valence-electron chi connectivity index (χ4n) is 2.69. The van der Waals surface area contributed by atoms with E-state index in [0.717, 1.165) is 24.4 Å². The van der Waals surface area contributed by atoms with Crippen LogP contribution in [0, 0.1) is 0 Å². The van der Waals surface area contributed by atoms with Gasteiger partial charge in [-0.3, -0.25) is 4.57 Å². The van der Waals surface area contributed by atoms with E-state index in [1.165, 1.54) is 6.26 Å². The SMILES string of the molecule is CS(=O)(=O)N1CCCC(c2cccc(-n3ccnc3)n2)C1. The first-order valence-corrected chi connectivity index (χ1v) is 8.79. The lowest BCUT2D eigenvalue weighted by atomic mass is 9.95. The topological polar surface area (TPSA) is 68.1 Å². The van der Waals surface area contributed by atoms with E-state index in [4.69, 9.17) is 0 Å². The highest BCUT2D eigenvalue weighted by Crippen LogP contribution is 2.27. The van der Waals surface area contributed by atoms with Crippen LogP contribution in [0.2, 0.25) is 0 Å². The third kappa shape index (κ3) is 3.14. The number of rotatable bonds is 3. The van der Waals surface area contributed by atoms with Gasteiger partial charge < -0.3 is 0 Å². The van der Waals surface area contributed by atoms with Crippen molar-refractivity contribution in [3.63, 3.8) is 0 Å². The van der Waals surface area contributed by atoms with Crippen molar-refractivity contribution in [2.75, 3.05) is 19.3 Å². The van der Waals surface area contributed by atoms with E-state index >= 15 is 0 Å². The molecular weight excluding hydrogens is 288 g/mol. The van der Waals surface area contributed by atoms with Crippen LogP contribution < -0.4 is 0 Å². The summed E-state index contributed by atoms with van der Waals surface area (Å²) in [6.07, 6.45) is 8.36. The average Bonchev–Trinajstić information content (AvgIpc) is 3.01. The van der Waals surface area contributed by atoms with Crippen LogP contribution in [0.15, 0.2) is 36.9 Å². The average molecular weight is 306 g/mol. The first-order chi connectivity index (χ1) is 10.0. The summed E-state index contributed by atoms with van der Waals surface area (Å²) in [7, 11) is -3.13. The maximum absolute atomic E-state index is 11.7. The van der Waals surface area contributed by atoms with Crippen molar-refractivity contribution in [2.24, 2.45) is 0 Å². The lowest BCUT2D eigenvalue weighted by Crippen LogP contribution is -2.38. The molecule has 7 heteroatoms. The number of sulfonamides is 1. The Balaban J connectivity index is 1.85. The first-order valence-electron chi connectivity index (χ1n) is 6.94. The molecule has 0 bridgehead atoms. The van der Waals surface area contributed by atoms with Gasteiger partial charge in [0.2, 0.25) is 10.0 Å². The van der Waals surface area contributed by atoms with Gasteiger partial charge in [-0.2, -0.15) is 0 Å². The van der Waals surface area contributed by atoms with Crippen LogP contribution in [0.1, 0.15) is 24.5 Å². The fraction of sp³-hybridized carbons (Fsp3) is 0.429. The summed E-state index contributed by atoms with van der Waals surface area (Å²) in [6.45, 7) is 1.12. The number of aromatic nitrogens is 3. The maximum atomic E-state index is 11.7.